The van der Waals surface area contributed by atoms with E-state index >= 15 is 0 Å². The molecule has 1 aliphatic rings. The van der Waals surface area contributed by atoms with E-state index in [1.165, 1.54) is 35.0 Å². The second kappa shape index (κ2) is 4.07. The Morgan fingerprint density at radius 2 is 2.43 bits per heavy atom. The molecule has 0 saturated heterocycles. The van der Waals surface area contributed by atoms with Crippen LogP contribution in [-0.4, -0.2) is 11.1 Å². The number of aryl methyl sites for hydroxylation is 1. The molecule has 2 nitrogen and oxygen atoms in total. The van der Waals surface area contributed by atoms with Gasteiger partial charge in [-0.05, 0) is 65.2 Å². The van der Waals surface area contributed by atoms with Crippen molar-refractivity contribution < 1.29 is 0 Å². The Kier molecular flexibility index (Phi) is 2.98. The first-order valence-corrected chi connectivity index (χ1v) is 6.07. The van der Waals surface area contributed by atoms with E-state index in [9.17, 15) is 0 Å². The maximum absolute atomic E-state index is 5.64. The van der Waals surface area contributed by atoms with Gasteiger partial charge in [0.05, 0.1) is 4.60 Å². The number of hydrogen-bond acceptors (Lipinski definition) is 1. The largest absolute Gasteiger partial charge is 0.345 e. The number of halogens is 1. The zero-order valence-corrected chi connectivity index (χ0v) is 10.2. The van der Waals surface area contributed by atoms with E-state index in [-0.39, 0.29) is 0 Å². The lowest BCUT2D eigenvalue weighted by molar-refractivity contribution is 0.528. The van der Waals surface area contributed by atoms with E-state index in [1.54, 1.807) is 0 Å². The molecule has 1 unspecified atom stereocenters. The molecule has 2 rings (SSSR count). The normalized spacial score (nSPS) is 20.9. The van der Waals surface area contributed by atoms with Gasteiger partial charge in [0.1, 0.15) is 0 Å². The van der Waals surface area contributed by atoms with Crippen LogP contribution in [0.1, 0.15) is 36.3 Å². The average molecular weight is 257 g/mol. The van der Waals surface area contributed by atoms with Gasteiger partial charge in [-0.15, -0.1) is 0 Å². The zero-order chi connectivity index (χ0) is 10.1. The summed E-state index contributed by atoms with van der Waals surface area (Å²) in [6.45, 7) is 0.802. The Labute approximate surface area is 93.6 Å². The number of rotatable bonds is 2. The molecule has 0 spiro atoms. The van der Waals surface area contributed by atoms with Gasteiger partial charge >= 0.3 is 0 Å². The summed E-state index contributed by atoms with van der Waals surface area (Å²) < 4.78 is 3.44. The third kappa shape index (κ3) is 1.63. The van der Waals surface area contributed by atoms with Gasteiger partial charge in [-0.3, -0.25) is 0 Å². The SMILES string of the molecule is Cn1cc2c(c1Br)CCCC2CCN. The van der Waals surface area contributed by atoms with Crippen LogP contribution in [0.2, 0.25) is 0 Å². The van der Waals surface area contributed by atoms with E-state index in [0.717, 1.165) is 13.0 Å². The first kappa shape index (κ1) is 10.2. The third-order valence-corrected chi connectivity index (χ3v) is 4.21. The summed E-state index contributed by atoms with van der Waals surface area (Å²) in [5.41, 5.74) is 8.68. The van der Waals surface area contributed by atoms with Crippen molar-refractivity contribution in [2.75, 3.05) is 6.54 Å². The van der Waals surface area contributed by atoms with Crippen LogP contribution in [0.5, 0.6) is 0 Å². The molecular weight excluding hydrogens is 240 g/mol. The molecule has 1 aromatic rings. The summed E-state index contributed by atoms with van der Waals surface area (Å²) in [4.78, 5) is 0. The van der Waals surface area contributed by atoms with Crippen molar-refractivity contribution in [1.82, 2.24) is 4.57 Å². The molecule has 1 aliphatic carbocycles. The van der Waals surface area contributed by atoms with Gasteiger partial charge in [-0.25, -0.2) is 0 Å². The fraction of sp³-hybridized carbons (Fsp3) is 0.636. The number of hydrogen-bond donors (Lipinski definition) is 1. The average Bonchev–Trinajstić information content (AvgIpc) is 2.46. The highest BCUT2D eigenvalue weighted by Crippen LogP contribution is 2.38. The minimum Gasteiger partial charge on any atom is -0.345 e. The summed E-state index contributed by atoms with van der Waals surface area (Å²) in [5.74, 6) is 0.696. The topological polar surface area (TPSA) is 30.9 Å². The molecule has 0 amide bonds. The lowest BCUT2D eigenvalue weighted by Crippen LogP contribution is -2.12. The molecule has 1 aromatic heterocycles. The predicted molar refractivity (Wildman–Crippen MR) is 62.5 cm³/mol. The lowest BCUT2D eigenvalue weighted by Gasteiger charge is -2.21. The van der Waals surface area contributed by atoms with E-state index in [4.69, 9.17) is 5.73 Å². The van der Waals surface area contributed by atoms with Gasteiger partial charge in [-0.1, -0.05) is 0 Å². The monoisotopic (exact) mass is 256 g/mol. The molecule has 0 fully saturated rings. The maximum atomic E-state index is 5.64. The van der Waals surface area contributed by atoms with Gasteiger partial charge in [-0.2, -0.15) is 0 Å². The Balaban J connectivity index is 2.34. The summed E-state index contributed by atoms with van der Waals surface area (Å²) in [7, 11) is 2.10. The van der Waals surface area contributed by atoms with Crippen LogP contribution in [0.3, 0.4) is 0 Å². The molecule has 3 heteroatoms. The van der Waals surface area contributed by atoms with Gasteiger partial charge in [0.2, 0.25) is 0 Å². The second-order valence-electron chi connectivity index (χ2n) is 4.13. The minimum atomic E-state index is 0.696. The molecule has 0 bridgehead atoms. The van der Waals surface area contributed by atoms with Crippen molar-refractivity contribution >= 4 is 15.9 Å². The van der Waals surface area contributed by atoms with Crippen LogP contribution in [0, 0.1) is 0 Å². The van der Waals surface area contributed by atoms with Gasteiger partial charge < -0.3 is 10.3 Å². The number of nitrogens with two attached hydrogens (primary N) is 1. The first-order valence-electron chi connectivity index (χ1n) is 5.27. The highest BCUT2D eigenvalue weighted by molar-refractivity contribution is 9.10. The van der Waals surface area contributed by atoms with Crippen molar-refractivity contribution in [2.24, 2.45) is 12.8 Å². The molecule has 0 aliphatic heterocycles. The number of nitrogens with zero attached hydrogens (tertiary/aromatic N) is 1. The van der Waals surface area contributed by atoms with Crippen molar-refractivity contribution in [1.29, 1.82) is 0 Å². The molecule has 0 radical (unpaired) electrons. The van der Waals surface area contributed by atoms with Crippen molar-refractivity contribution in [3.05, 3.63) is 21.9 Å². The van der Waals surface area contributed by atoms with E-state index in [1.807, 2.05) is 0 Å². The molecular formula is C11H17BrN2. The summed E-state index contributed by atoms with van der Waals surface area (Å²) in [5, 5.41) is 0. The van der Waals surface area contributed by atoms with Crippen LogP contribution in [0.15, 0.2) is 10.8 Å². The molecule has 0 aromatic carbocycles. The van der Waals surface area contributed by atoms with Crippen molar-refractivity contribution in [3.63, 3.8) is 0 Å². The Morgan fingerprint density at radius 1 is 1.64 bits per heavy atom. The van der Waals surface area contributed by atoms with Crippen LogP contribution >= 0.6 is 15.9 Å². The Hall–Kier alpha value is -0.280. The van der Waals surface area contributed by atoms with Crippen LogP contribution in [0.25, 0.3) is 0 Å². The van der Waals surface area contributed by atoms with Crippen molar-refractivity contribution in [2.45, 2.75) is 31.6 Å². The highest BCUT2D eigenvalue weighted by atomic mass is 79.9. The van der Waals surface area contributed by atoms with E-state index in [0.29, 0.717) is 5.92 Å². The summed E-state index contributed by atoms with van der Waals surface area (Å²) in [6, 6.07) is 0. The molecule has 0 saturated carbocycles. The van der Waals surface area contributed by atoms with Gasteiger partial charge in [0.25, 0.3) is 0 Å². The number of aromatic nitrogens is 1. The number of fused-ring (bicyclic) bond motifs is 1. The first-order chi connectivity index (χ1) is 6.74. The van der Waals surface area contributed by atoms with Gasteiger partial charge in [0, 0.05) is 13.2 Å². The van der Waals surface area contributed by atoms with Crippen LogP contribution in [-0.2, 0) is 13.5 Å². The predicted octanol–water partition coefficient (Wildman–Crippen LogP) is 2.56. The fourth-order valence-corrected chi connectivity index (χ4v) is 2.99. The second-order valence-corrected chi connectivity index (χ2v) is 4.88. The molecule has 14 heavy (non-hydrogen) atoms. The molecule has 1 heterocycles. The van der Waals surface area contributed by atoms with Gasteiger partial charge in [0.15, 0.2) is 0 Å². The summed E-state index contributed by atoms with van der Waals surface area (Å²) >= 11 is 3.65. The molecule has 78 valence electrons. The summed E-state index contributed by atoms with van der Waals surface area (Å²) in [6.07, 6.45) is 7.22. The smallest absolute Gasteiger partial charge is 0.0879 e. The Morgan fingerprint density at radius 3 is 3.14 bits per heavy atom. The maximum Gasteiger partial charge on any atom is 0.0879 e. The van der Waals surface area contributed by atoms with Crippen LogP contribution in [0.4, 0.5) is 0 Å². The molecule has 2 N–H and O–H groups in total. The van der Waals surface area contributed by atoms with Crippen molar-refractivity contribution in [3.8, 4) is 0 Å². The quantitative estimate of drug-likeness (QED) is 0.867. The Bertz CT molecular complexity index is 330. The van der Waals surface area contributed by atoms with E-state index in [2.05, 4.69) is 33.7 Å². The lowest BCUT2D eigenvalue weighted by atomic mass is 9.84. The third-order valence-electron chi connectivity index (χ3n) is 3.17. The van der Waals surface area contributed by atoms with Crippen LogP contribution < -0.4 is 5.73 Å². The fourth-order valence-electron chi connectivity index (χ4n) is 2.46. The highest BCUT2D eigenvalue weighted by Gasteiger charge is 2.23. The molecule has 1 atom stereocenters. The standard InChI is InChI=1S/C11H17BrN2/c1-14-7-10-8(5-6-13)3-2-4-9(10)11(14)12/h7-8H,2-6,13H2,1H3. The van der Waals surface area contributed by atoms with E-state index < -0.39 is 0 Å². The minimum absolute atomic E-state index is 0.696. The zero-order valence-electron chi connectivity index (χ0n) is 8.59.